The SMILES string of the molecule is CNc1nc(-c2cnc(NC(N)=O)s2)nc(N2CCOC[C@@H]2C)n1. The Morgan fingerprint density at radius 1 is 1.46 bits per heavy atom. The zero-order valence-corrected chi connectivity index (χ0v) is 14.1. The van der Waals surface area contributed by atoms with Gasteiger partial charge in [0, 0.05) is 13.6 Å². The number of thiazole rings is 1. The lowest BCUT2D eigenvalue weighted by Crippen LogP contribution is -2.44. The molecular weight excluding hydrogens is 332 g/mol. The highest BCUT2D eigenvalue weighted by atomic mass is 32.1. The van der Waals surface area contributed by atoms with Gasteiger partial charge in [0.1, 0.15) is 0 Å². The molecule has 1 atom stereocenters. The predicted molar refractivity (Wildman–Crippen MR) is 91.3 cm³/mol. The van der Waals surface area contributed by atoms with Crippen molar-refractivity contribution in [3.63, 3.8) is 0 Å². The molecule has 3 heterocycles. The second-order valence-electron chi connectivity index (χ2n) is 5.17. The minimum Gasteiger partial charge on any atom is -0.377 e. The number of amides is 2. The molecule has 2 amide bonds. The number of ether oxygens (including phenoxy) is 1. The van der Waals surface area contributed by atoms with E-state index in [1.54, 1.807) is 13.2 Å². The zero-order valence-electron chi connectivity index (χ0n) is 13.3. The van der Waals surface area contributed by atoms with Gasteiger partial charge in [0.2, 0.25) is 11.9 Å². The maximum atomic E-state index is 10.9. The number of nitrogens with one attached hydrogen (secondary N) is 2. The molecule has 0 aliphatic carbocycles. The lowest BCUT2D eigenvalue weighted by atomic mass is 10.3. The van der Waals surface area contributed by atoms with Crippen molar-refractivity contribution in [2.45, 2.75) is 13.0 Å². The Labute approximate surface area is 142 Å². The third-order valence-corrected chi connectivity index (χ3v) is 4.34. The fourth-order valence-corrected chi connectivity index (χ4v) is 3.03. The Bertz CT molecular complexity index is 737. The molecule has 4 N–H and O–H groups in total. The summed E-state index contributed by atoms with van der Waals surface area (Å²) in [5, 5.41) is 5.78. The third-order valence-electron chi connectivity index (χ3n) is 3.43. The first-order valence-corrected chi connectivity index (χ1v) is 8.19. The second kappa shape index (κ2) is 6.93. The van der Waals surface area contributed by atoms with Crippen LogP contribution in [-0.2, 0) is 4.74 Å². The molecule has 2 aromatic heterocycles. The summed E-state index contributed by atoms with van der Waals surface area (Å²) >= 11 is 1.24. The molecule has 1 aliphatic rings. The number of primary amides is 1. The van der Waals surface area contributed by atoms with Gasteiger partial charge in [-0.2, -0.15) is 15.0 Å². The van der Waals surface area contributed by atoms with Crippen LogP contribution in [0.3, 0.4) is 0 Å². The van der Waals surface area contributed by atoms with Crippen molar-refractivity contribution in [2.75, 3.05) is 42.3 Å². The maximum absolute atomic E-state index is 10.9. The maximum Gasteiger partial charge on any atom is 0.318 e. The average molecular weight is 350 g/mol. The summed E-state index contributed by atoms with van der Waals surface area (Å²) in [7, 11) is 1.75. The first kappa shape index (κ1) is 16.3. The van der Waals surface area contributed by atoms with E-state index >= 15 is 0 Å². The predicted octanol–water partition coefficient (Wildman–Crippen LogP) is 0.752. The molecule has 128 valence electrons. The number of nitrogens with two attached hydrogens (primary N) is 1. The number of nitrogens with zero attached hydrogens (tertiary/aromatic N) is 5. The fraction of sp³-hybridized carbons (Fsp3) is 0.462. The van der Waals surface area contributed by atoms with E-state index in [4.69, 9.17) is 10.5 Å². The summed E-state index contributed by atoms with van der Waals surface area (Å²) in [6.07, 6.45) is 1.59. The normalized spacial score (nSPS) is 17.6. The van der Waals surface area contributed by atoms with Gasteiger partial charge in [-0.25, -0.2) is 9.78 Å². The number of hydrogen-bond acceptors (Lipinski definition) is 9. The summed E-state index contributed by atoms with van der Waals surface area (Å²) < 4.78 is 5.46. The highest BCUT2D eigenvalue weighted by molar-refractivity contribution is 7.19. The van der Waals surface area contributed by atoms with Gasteiger partial charge in [-0.05, 0) is 6.92 Å². The van der Waals surface area contributed by atoms with Crippen LogP contribution in [0, 0.1) is 0 Å². The Hall–Kier alpha value is -2.53. The van der Waals surface area contributed by atoms with E-state index in [0.717, 1.165) is 0 Å². The first-order valence-electron chi connectivity index (χ1n) is 7.37. The summed E-state index contributed by atoms with van der Waals surface area (Å²) in [6, 6.07) is -0.488. The number of carbonyl (C=O) groups is 1. The van der Waals surface area contributed by atoms with E-state index < -0.39 is 6.03 Å². The van der Waals surface area contributed by atoms with Crippen molar-refractivity contribution >= 4 is 34.4 Å². The molecule has 2 aromatic rings. The molecule has 1 fully saturated rings. The summed E-state index contributed by atoms with van der Waals surface area (Å²) in [5.41, 5.74) is 5.10. The number of morpholine rings is 1. The second-order valence-corrected chi connectivity index (χ2v) is 6.20. The molecule has 11 heteroatoms. The van der Waals surface area contributed by atoms with Gasteiger partial charge in [-0.3, -0.25) is 5.32 Å². The molecule has 24 heavy (non-hydrogen) atoms. The van der Waals surface area contributed by atoms with E-state index in [2.05, 4.69) is 42.4 Å². The Morgan fingerprint density at radius 3 is 3.00 bits per heavy atom. The van der Waals surface area contributed by atoms with Gasteiger partial charge in [0.15, 0.2) is 11.0 Å². The van der Waals surface area contributed by atoms with E-state index in [-0.39, 0.29) is 6.04 Å². The Kier molecular flexibility index (Phi) is 4.71. The topological polar surface area (TPSA) is 131 Å². The molecule has 0 unspecified atom stereocenters. The van der Waals surface area contributed by atoms with Crippen molar-refractivity contribution in [1.82, 2.24) is 19.9 Å². The Balaban J connectivity index is 1.94. The number of hydrogen-bond donors (Lipinski definition) is 3. The van der Waals surface area contributed by atoms with E-state index in [1.807, 2.05) is 0 Å². The third kappa shape index (κ3) is 3.51. The van der Waals surface area contributed by atoms with Crippen LogP contribution in [0.5, 0.6) is 0 Å². The minimum absolute atomic E-state index is 0.173. The van der Waals surface area contributed by atoms with E-state index in [9.17, 15) is 4.79 Å². The number of urea groups is 1. The van der Waals surface area contributed by atoms with Gasteiger partial charge in [-0.1, -0.05) is 11.3 Å². The lowest BCUT2D eigenvalue weighted by molar-refractivity contribution is 0.0981. The van der Waals surface area contributed by atoms with Crippen molar-refractivity contribution in [3.05, 3.63) is 6.20 Å². The molecular formula is C13H18N8O2S. The molecule has 0 bridgehead atoms. The number of aromatic nitrogens is 4. The van der Waals surface area contributed by atoms with Gasteiger partial charge in [-0.15, -0.1) is 0 Å². The first-order chi connectivity index (χ1) is 11.6. The van der Waals surface area contributed by atoms with Gasteiger partial charge >= 0.3 is 6.03 Å². The highest BCUT2D eigenvalue weighted by Crippen LogP contribution is 2.28. The average Bonchev–Trinajstić information content (AvgIpc) is 3.02. The molecule has 3 rings (SSSR count). The summed E-state index contributed by atoms with van der Waals surface area (Å²) in [4.78, 5) is 31.2. The summed E-state index contributed by atoms with van der Waals surface area (Å²) in [5.74, 6) is 1.53. The summed E-state index contributed by atoms with van der Waals surface area (Å²) in [6.45, 7) is 4.03. The minimum atomic E-state index is -0.662. The number of carbonyl (C=O) groups excluding carboxylic acids is 1. The molecule has 1 aliphatic heterocycles. The molecule has 0 radical (unpaired) electrons. The van der Waals surface area contributed by atoms with Crippen molar-refractivity contribution in [1.29, 1.82) is 0 Å². The van der Waals surface area contributed by atoms with Crippen LogP contribution in [0.2, 0.25) is 0 Å². The number of rotatable bonds is 4. The van der Waals surface area contributed by atoms with Crippen LogP contribution in [0.4, 0.5) is 21.8 Å². The quantitative estimate of drug-likeness (QED) is 0.736. The van der Waals surface area contributed by atoms with E-state index in [1.165, 1.54) is 11.3 Å². The van der Waals surface area contributed by atoms with E-state index in [0.29, 0.717) is 47.5 Å². The van der Waals surface area contributed by atoms with Crippen LogP contribution in [0.15, 0.2) is 6.20 Å². The van der Waals surface area contributed by atoms with Crippen LogP contribution in [0.1, 0.15) is 6.92 Å². The number of anilines is 3. The molecule has 0 saturated carbocycles. The monoisotopic (exact) mass is 350 g/mol. The van der Waals surface area contributed by atoms with Crippen LogP contribution in [-0.4, -0.2) is 58.8 Å². The van der Waals surface area contributed by atoms with Crippen molar-refractivity contribution in [2.24, 2.45) is 5.73 Å². The zero-order chi connectivity index (χ0) is 17.1. The highest BCUT2D eigenvalue weighted by Gasteiger charge is 2.23. The molecule has 10 nitrogen and oxygen atoms in total. The van der Waals surface area contributed by atoms with Crippen molar-refractivity contribution in [3.8, 4) is 10.7 Å². The standard InChI is InChI=1S/C13H18N8O2S/c1-7-6-23-4-3-21(7)12-18-9(17-11(15-2)20-12)8-5-16-13(24-8)19-10(14)22/h5,7H,3-4,6H2,1-2H3,(H3,14,16,19,22)(H,15,17,18,20)/t7-/m0/s1. The van der Waals surface area contributed by atoms with Gasteiger partial charge in [0.05, 0.1) is 30.3 Å². The van der Waals surface area contributed by atoms with Gasteiger partial charge in [0.25, 0.3) is 0 Å². The van der Waals surface area contributed by atoms with Crippen molar-refractivity contribution < 1.29 is 9.53 Å². The van der Waals surface area contributed by atoms with Crippen LogP contribution < -0.4 is 21.3 Å². The molecule has 0 spiro atoms. The van der Waals surface area contributed by atoms with Crippen LogP contribution >= 0.6 is 11.3 Å². The lowest BCUT2D eigenvalue weighted by Gasteiger charge is -2.33. The molecule has 1 saturated heterocycles. The van der Waals surface area contributed by atoms with Gasteiger partial charge < -0.3 is 20.7 Å². The molecule has 0 aromatic carbocycles. The smallest absolute Gasteiger partial charge is 0.318 e. The Morgan fingerprint density at radius 2 is 2.29 bits per heavy atom. The largest absolute Gasteiger partial charge is 0.377 e. The van der Waals surface area contributed by atoms with Crippen LogP contribution in [0.25, 0.3) is 10.7 Å². The fourth-order valence-electron chi connectivity index (χ4n) is 2.28.